The SMILES string of the molecule is Cc1ccc(N/N=C(/C#N)C(=O)c2ccc(Cl)cc2)cc1. The maximum atomic E-state index is 12.1. The molecule has 0 amide bonds. The second kappa shape index (κ2) is 6.69. The summed E-state index contributed by atoms with van der Waals surface area (Å²) in [5, 5.41) is 13.5. The van der Waals surface area contributed by atoms with Crippen molar-refractivity contribution in [3.63, 3.8) is 0 Å². The number of nitriles is 1. The first-order valence-electron chi connectivity index (χ1n) is 6.21. The molecule has 0 bridgehead atoms. The molecule has 1 N–H and O–H groups in total. The summed E-state index contributed by atoms with van der Waals surface area (Å²) in [5.41, 5.74) is 4.68. The van der Waals surface area contributed by atoms with Crippen molar-refractivity contribution in [2.75, 3.05) is 5.43 Å². The normalized spacial score (nSPS) is 10.8. The third-order valence-corrected chi connectivity index (χ3v) is 3.03. The lowest BCUT2D eigenvalue weighted by Gasteiger charge is -2.02. The molecule has 21 heavy (non-hydrogen) atoms. The van der Waals surface area contributed by atoms with Crippen LogP contribution in [0.3, 0.4) is 0 Å². The van der Waals surface area contributed by atoms with Crippen LogP contribution in [0.5, 0.6) is 0 Å². The molecule has 4 nitrogen and oxygen atoms in total. The molecule has 0 aromatic heterocycles. The van der Waals surface area contributed by atoms with Crippen molar-refractivity contribution in [2.45, 2.75) is 6.92 Å². The first-order valence-corrected chi connectivity index (χ1v) is 6.58. The molecule has 0 heterocycles. The van der Waals surface area contributed by atoms with E-state index in [9.17, 15) is 4.79 Å². The van der Waals surface area contributed by atoms with E-state index in [1.54, 1.807) is 30.3 Å². The Kier molecular flexibility index (Phi) is 4.70. The fraction of sp³-hybridized carbons (Fsp3) is 0.0625. The molecule has 0 saturated carbocycles. The minimum atomic E-state index is -0.450. The predicted molar refractivity (Wildman–Crippen MR) is 83.6 cm³/mol. The standard InChI is InChI=1S/C16H12ClN3O/c1-11-2-8-14(9-3-11)19-20-15(10-18)16(21)12-4-6-13(17)7-5-12/h2-9,19H,1H3/b20-15-. The summed E-state index contributed by atoms with van der Waals surface area (Å²) in [7, 11) is 0. The Balaban J connectivity index is 2.17. The highest BCUT2D eigenvalue weighted by Crippen LogP contribution is 2.11. The van der Waals surface area contributed by atoms with Crippen molar-refractivity contribution in [3.8, 4) is 6.07 Å². The number of carbonyl (C=O) groups excluding carboxylic acids is 1. The highest BCUT2D eigenvalue weighted by molar-refractivity contribution is 6.51. The van der Waals surface area contributed by atoms with E-state index < -0.39 is 5.78 Å². The van der Waals surface area contributed by atoms with Crippen LogP contribution < -0.4 is 5.43 Å². The molecule has 104 valence electrons. The average molecular weight is 298 g/mol. The topological polar surface area (TPSA) is 65.2 Å². The smallest absolute Gasteiger partial charge is 0.223 e. The number of hydrogen-bond donors (Lipinski definition) is 1. The summed E-state index contributed by atoms with van der Waals surface area (Å²) in [6.07, 6.45) is 0. The van der Waals surface area contributed by atoms with Gasteiger partial charge in [-0.2, -0.15) is 10.4 Å². The summed E-state index contributed by atoms with van der Waals surface area (Å²) in [4.78, 5) is 12.1. The van der Waals surface area contributed by atoms with Gasteiger partial charge in [-0.05, 0) is 43.3 Å². The fourth-order valence-electron chi connectivity index (χ4n) is 1.61. The molecule has 0 radical (unpaired) electrons. The molecule has 2 aromatic rings. The second-order valence-electron chi connectivity index (χ2n) is 4.39. The number of halogens is 1. The number of hydrazone groups is 1. The number of nitrogens with one attached hydrogen (secondary N) is 1. The number of Topliss-reactive ketones (excluding diaryl/α,β-unsaturated/α-hetero) is 1. The van der Waals surface area contributed by atoms with Gasteiger partial charge >= 0.3 is 0 Å². The van der Waals surface area contributed by atoms with Crippen LogP contribution >= 0.6 is 11.6 Å². The zero-order valence-corrected chi connectivity index (χ0v) is 12.1. The monoisotopic (exact) mass is 297 g/mol. The van der Waals surface area contributed by atoms with Crippen LogP contribution in [0.25, 0.3) is 0 Å². The molecule has 0 aliphatic carbocycles. The van der Waals surface area contributed by atoms with Crippen LogP contribution in [0.1, 0.15) is 15.9 Å². The number of rotatable bonds is 4. The summed E-state index contributed by atoms with van der Waals surface area (Å²) in [6.45, 7) is 1.97. The Morgan fingerprint density at radius 2 is 1.76 bits per heavy atom. The van der Waals surface area contributed by atoms with Gasteiger partial charge in [0.05, 0.1) is 5.69 Å². The molecular formula is C16H12ClN3O. The number of nitrogens with zero attached hydrogens (tertiary/aromatic N) is 2. The zero-order chi connectivity index (χ0) is 15.2. The van der Waals surface area contributed by atoms with Gasteiger partial charge in [0.1, 0.15) is 6.07 Å². The highest BCUT2D eigenvalue weighted by atomic mass is 35.5. The molecule has 2 aromatic carbocycles. The largest absolute Gasteiger partial charge is 0.286 e. The molecule has 0 unspecified atom stereocenters. The highest BCUT2D eigenvalue weighted by Gasteiger charge is 2.13. The second-order valence-corrected chi connectivity index (χ2v) is 4.82. The van der Waals surface area contributed by atoms with Crippen LogP contribution in [0, 0.1) is 18.3 Å². The quantitative estimate of drug-likeness (QED) is 0.530. The Morgan fingerprint density at radius 1 is 1.14 bits per heavy atom. The number of aryl methyl sites for hydroxylation is 1. The van der Waals surface area contributed by atoms with E-state index in [2.05, 4.69) is 10.5 Å². The third kappa shape index (κ3) is 3.91. The van der Waals surface area contributed by atoms with Crippen molar-refractivity contribution in [1.29, 1.82) is 5.26 Å². The number of anilines is 1. The van der Waals surface area contributed by atoms with Gasteiger partial charge in [-0.1, -0.05) is 29.3 Å². The van der Waals surface area contributed by atoms with Gasteiger partial charge in [-0.15, -0.1) is 0 Å². The van der Waals surface area contributed by atoms with Crippen molar-refractivity contribution in [1.82, 2.24) is 0 Å². The van der Waals surface area contributed by atoms with Gasteiger partial charge in [0.2, 0.25) is 11.5 Å². The predicted octanol–water partition coefficient (Wildman–Crippen LogP) is 3.82. The van der Waals surface area contributed by atoms with Gasteiger partial charge in [-0.3, -0.25) is 10.2 Å². The van der Waals surface area contributed by atoms with Crippen LogP contribution in [0.15, 0.2) is 53.6 Å². The first-order chi connectivity index (χ1) is 10.1. The Labute approximate surface area is 127 Å². The van der Waals surface area contributed by atoms with Crippen LogP contribution in [0.4, 0.5) is 5.69 Å². The van der Waals surface area contributed by atoms with Crippen LogP contribution in [-0.2, 0) is 0 Å². The lowest BCUT2D eigenvalue weighted by molar-refractivity contribution is 0.106. The number of benzene rings is 2. The Hall–Kier alpha value is -2.64. The lowest BCUT2D eigenvalue weighted by Crippen LogP contribution is -2.14. The molecular weight excluding hydrogens is 286 g/mol. The third-order valence-electron chi connectivity index (χ3n) is 2.78. The summed E-state index contributed by atoms with van der Waals surface area (Å²) in [6, 6.07) is 15.6. The number of carbonyl (C=O) groups is 1. The zero-order valence-electron chi connectivity index (χ0n) is 11.3. The van der Waals surface area contributed by atoms with Gasteiger partial charge in [0.15, 0.2) is 0 Å². The average Bonchev–Trinajstić information content (AvgIpc) is 2.50. The van der Waals surface area contributed by atoms with Gasteiger partial charge in [0, 0.05) is 10.6 Å². The summed E-state index contributed by atoms with van der Waals surface area (Å²) >= 11 is 5.76. The van der Waals surface area contributed by atoms with Gasteiger partial charge < -0.3 is 0 Å². The minimum absolute atomic E-state index is 0.210. The molecule has 0 saturated heterocycles. The van der Waals surface area contributed by atoms with E-state index in [-0.39, 0.29) is 5.71 Å². The van der Waals surface area contributed by atoms with E-state index in [0.29, 0.717) is 16.3 Å². The Bertz CT molecular complexity index is 713. The summed E-state index contributed by atoms with van der Waals surface area (Å²) < 4.78 is 0. The first kappa shape index (κ1) is 14.8. The Morgan fingerprint density at radius 3 is 2.33 bits per heavy atom. The van der Waals surface area contributed by atoms with Crippen LogP contribution in [-0.4, -0.2) is 11.5 Å². The van der Waals surface area contributed by atoms with Gasteiger partial charge in [0.25, 0.3) is 0 Å². The van der Waals surface area contributed by atoms with E-state index in [4.69, 9.17) is 16.9 Å². The van der Waals surface area contributed by atoms with E-state index in [1.165, 1.54) is 0 Å². The molecule has 0 aliphatic heterocycles. The van der Waals surface area contributed by atoms with Crippen molar-refractivity contribution >= 4 is 28.8 Å². The number of hydrogen-bond acceptors (Lipinski definition) is 4. The van der Waals surface area contributed by atoms with E-state index >= 15 is 0 Å². The van der Waals surface area contributed by atoms with E-state index in [0.717, 1.165) is 5.56 Å². The summed E-state index contributed by atoms with van der Waals surface area (Å²) in [5.74, 6) is -0.450. The van der Waals surface area contributed by atoms with Crippen LogP contribution in [0.2, 0.25) is 5.02 Å². The molecule has 2 rings (SSSR count). The molecule has 5 heteroatoms. The van der Waals surface area contributed by atoms with Crippen molar-refractivity contribution in [3.05, 3.63) is 64.7 Å². The lowest BCUT2D eigenvalue weighted by atomic mass is 10.1. The number of ketones is 1. The van der Waals surface area contributed by atoms with E-state index in [1.807, 2.05) is 31.2 Å². The minimum Gasteiger partial charge on any atom is -0.286 e. The molecule has 0 spiro atoms. The van der Waals surface area contributed by atoms with Crippen molar-refractivity contribution < 1.29 is 4.79 Å². The fourth-order valence-corrected chi connectivity index (χ4v) is 1.74. The maximum absolute atomic E-state index is 12.1. The maximum Gasteiger partial charge on any atom is 0.223 e. The van der Waals surface area contributed by atoms with Crippen molar-refractivity contribution in [2.24, 2.45) is 5.10 Å². The molecule has 0 atom stereocenters. The van der Waals surface area contributed by atoms with Gasteiger partial charge in [-0.25, -0.2) is 0 Å². The molecule has 0 fully saturated rings. The molecule has 0 aliphatic rings.